The Labute approximate surface area is 151 Å². The SMILES string of the molecule is CCC(=O)N1CCC2(CCCN(Cc3ccc(C(C)C)cc3)C2=O)C1. The van der Waals surface area contributed by atoms with Gasteiger partial charge in [-0.3, -0.25) is 9.59 Å². The molecular formula is C21H30N2O2. The molecule has 4 heteroatoms. The molecule has 2 aliphatic rings. The number of benzene rings is 1. The fourth-order valence-corrected chi connectivity index (χ4v) is 4.22. The molecule has 3 rings (SSSR count). The Hall–Kier alpha value is -1.84. The van der Waals surface area contributed by atoms with Gasteiger partial charge in [0.1, 0.15) is 0 Å². The minimum atomic E-state index is -0.332. The lowest BCUT2D eigenvalue weighted by Gasteiger charge is -2.39. The average molecular weight is 342 g/mol. The number of hydrogen-bond donors (Lipinski definition) is 0. The first-order valence-electron chi connectivity index (χ1n) is 9.61. The second-order valence-electron chi connectivity index (χ2n) is 7.93. The van der Waals surface area contributed by atoms with Crippen LogP contribution in [0.5, 0.6) is 0 Å². The Balaban J connectivity index is 1.69. The van der Waals surface area contributed by atoms with Crippen molar-refractivity contribution in [2.75, 3.05) is 19.6 Å². The highest BCUT2D eigenvalue weighted by molar-refractivity contribution is 5.86. The monoisotopic (exact) mass is 342 g/mol. The average Bonchev–Trinajstić information content (AvgIpc) is 3.04. The van der Waals surface area contributed by atoms with E-state index in [-0.39, 0.29) is 17.2 Å². The highest BCUT2D eigenvalue weighted by Crippen LogP contribution is 2.40. The van der Waals surface area contributed by atoms with Crippen LogP contribution in [-0.2, 0) is 16.1 Å². The largest absolute Gasteiger partial charge is 0.342 e. The van der Waals surface area contributed by atoms with Crippen molar-refractivity contribution in [2.45, 2.75) is 58.9 Å². The molecule has 0 bridgehead atoms. The van der Waals surface area contributed by atoms with E-state index in [2.05, 4.69) is 38.1 Å². The number of piperidine rings is 1. The van der Waals surface area contributed by atoms with Gasteiger partial charge in [0.05, 0.1) is 5.41 Å². The summed E-state index contributed by atoms with van der Waals surface area (Å²) >= 11 is 0. The summed E-state index contributed by atoms with van der Waals surface area (Å²) in [5.74, 6) is 0.943. The molecule has 2 amide bonds. The maximum atomic E-state index is 13.2. The maximum Gasteiger partial charge on any atom is 0.230 e. The number of likely N-dealkylation sites (tertiary alicyclic amines) is 2. The summed E-state index contributed by atoms with van der Waals surface area (Å²) < 4.78 is 0. The summed E-state index contributed by atoms with van der Waals surface area (Å²) in [5, 5.41) is 0. The molecule has 1 atom stereocenters. The molecule has 0 radical (unpaired) electrons. The summed E-state index contributed by atoms with van der Waals surface area (Å²) in [6.07, 6.45) is 3.29. The molecule has 136 valence electrons. The predicted octanol–water partition coefficient (Wildman–Crippen LogP) is 3.56. The van der Waals surface area contributed by atoms with Gasteiger partial charge >= 0.3 is 0 Å². The number of nitrogens with zero attached hydrogens (tertiary/aromatic N) is 2. The van der Waals surface area contributed by atoms with Crippen LogP contribution >= 0.6 is 0 Å². The first-order chi connectivity index (χ1) is 11.9. The van der Waals surface area contributed by atoms with E-state index in [1.165, 1.54) is 11.1 Å². The first-order valence-corrected chi connectivity index (χ1v) is 9.61. The highest BCUT2D eigenvalue weighted by Gasteiger charge is 2.49. The van der Waals surface area contributed by atoms with Gasteiger partial charge in [0.15, 0.2) is 0 Å². The molecule has 2 saturated heterocycles. The zero-order valence-electron chi connectivity index (χ0n) is 15.8. The molecule has 1 aromatic rings. The third-order valence-electron chi connectivity index (χ3n) is 5.85. The van der Waals surface area contributed by atoms with Gasteiger partial charge in [0.2, 0.25) is 11.8 Å². The fourth-order valence-electron chi connectivity index (χ4n) is 4.22. The molecule has 2 heterocycles. The normalized spacial score (nSPS) is 23.8. The summed E-state index contributed by atoms with van der Waals surface area (Å²) in [4.78, 5) is 29.1. The number of carbonyl (C=O) groups excluding carboxylic acids is 2. The van der Waals surface area contributed by atoms with Gasteiger partial charge in [0.25, 0.3) is 0 Å². The zero-order chi connectivity index (χ0) is 18.0. The molecule has 1 spiro atoms. The van der Waals surface area contributed by atoms with Crippen LogP contribution in [0.15, 0.2) is 24.3 Å². The zero-order valence-corrected chi connectivity index (χ0v) is 15.8. The smallest absolute Gasteiger partial charge is 0.230 e. The highest BCUT2D eigenvalue weighted by atomic mass is 16.2. The van der Waals surface area contributed by atoms with Crippen molar-refractivity contribution >= 4 is 11.8 Å². The van der Waals surface area contributed by atoms with E-state index in [4.69, 9.17) is 0 Å². The van der Waals surface area contributed by atoms with Crippen molar-refractivity contribution in [1.82, 2.24) is 9.80 Å². The Morgan fingerprint density at radius 2 is 1.88 bits per heavy atom. The molecule has 0 N–H and O–H groups in total. The standard InChI is InChI=1S/C21H30N2O2/c1-4-19(24)23-13-11-21(15-23)10-5-12-22(20(21)25)14-17-6-8-18(9-7-17)16(2)3/h6-9,16H,4-5,10-15H2,1-3H3. The molecule has 4 nitrogen and oxygen atoms in total. The Bertz CT molecular complexity index is 638. The van der Waals surface area contributed by atoms with Crippen LogP contribution in [0.3, 0.4) is 0 Å². The van der Waals surface area contributed by atoms with Gasteiger partial charge in [-0.2, -0.15) is 0 Å². The third-order valence-corrected chi connectivity index (χ3v) is 5.85. The van der Waals surface area contributed by atoms with Crippen LogP contribution in [0.25, 0.3) is 0 Å². The van der Waals surface area contributed by atoms with E-state index in [0.717, 1.165) is 32.4 Å². The van der Waals surface area contributed by atoms with Crippen molar-refractivity contribution in [3.05, 3.63) is 35.4 Å². The van der Waals surface area contributed by atoms with E-state index in [1.807, 2.05) is 16.7 Å². The van der Waals surface area contributed by atoms with E-state index in [1.54, 1.807) is 0 Å². The molecular weight excluding hydrogens is 312 g/mol. The molecule has 1 unspecified atom stereocenters. The lowest BCUT2D eigenvalue weighted by molar-refractivity contribution is -0.146. The third kappa shape index (κ3) is 3.58. The molecule has 1 aromatic carbocycles. The molecule has 2 fully saturated rings. The minimum Gasteiger partial charge on any atom is -0.342 e. The minimum absolute atomic E-state index is 0.172. The Morgan fingerprint density at radius 3 is 2.52 bits per heavy atom. The number of hydrogen-bond acceptors (Lipinski definition) is 2. The van der Waals surface area contributed by atoms with Crippen molar-refractivity contribution in [2.24, 2.45) is 5.41 Å². The van der Waals surface area contributed by atoms with Crippen LogP contribution in [0.2, 0.25) is 0 Å². The van der Waals surface area contributed by atoms with Crippen LogP contribution in [-0.4, -0.2) is 41.2 Å². The summed E-state index contributed by atoms with van der Waals surface area (Å²) in [6.45, 7) is 9.13. The number of amides is 2. The number of rotatable bonds is 4. The van der Waals surface area contributed by atoms with E-state index in [0.29, 0.717) is 25.4 Å². The number of carbonyl (C=O) groups is 2. The van der Waals surface area contributed by atoms with Gasteiger partial charge in [-0.25, -0.2) is 0 Å². The Morgan fingerprint density at radius 1 is 1.16 bits per heavy atom. The molecule has 0 aliphatic carbocycles. The van der Waals surface area contributed by atoms with Crippen LogP contribution in [0.1, 0.15) is 63.5 Å². The quantitative estimate of drug-likeness (QED) is 0.839. The van der Waals surface area contributed by atoms with E-state index < -0.39 is 0 Å². The van der Waals surface area contributed by atoms with Gasteiger partial charge in [0, 0.05) is 32.6 Å². The maximum absolute atomic E-state index is 13.2. The van der Waals surface area contributed by atoms with Gasteiger partial charge in [-0.1, -0.05) is 45.0 Å². The first kappa shape index (κ1) is 18.0. The molecule has 0 aromatic heterocycles. The van der Waals surface area contributed by atoms with Crippen LogP contribution in [0, 0.1) is 5.41 Å². The summed E-state index contributed by atoms with van der Waals surface area (Å²) in [6, 6.07) is 8.62. The lowest BCUT2D eigenvalue weighted by atomic mass is 9.78. The fraction of sp³-hybridized carbons (Fsp3) is 0.619. The Kier molecular flexibility index (Phi) is 5.16. The van der Waals surface area contributed by atoms with Gasteiger partial charge < -0.3 is 9.80 Å². The van der Waals surface area contributed by atoms with Gasteiger partial charge in [-0.05, 0) is 36.3 Å². The van der Waals surface area contributed by atoms with Gasteiger partial charge in [-0.15, -0.1) is 0 Å². The topological polar surface area (TPSA) is 40.6 Å². The second-order valence-corrected chi connectivity index (χ2v) is 7.93. The van der Waals surface area contributed by atoms with Crippen LogP contribution in [0.4, 0.5) is 0 Å². The van der Waals surface area contributed by atoms with Crippen molar-refractivity contribution in [3.63, 3.8) is 0 Å². The molecule has 2 aliphatic heterocycles. The van der Waals surface area contributed by atoms with E-state index in [9.17, 15) is 9.59 Å². The van der Waals surface area contributed by atoms with Crippen molar-refractivity contribution in [1.29, 1.82) is 0 Å². The van der Waals surface area contributed by atoms with E-state index >= 15 is 0 Å². The summed E-state index contributed by atoms with van der Waals surface area (Å²) in [7, 11) is 0. The van der Waals surface area contributed by atoms with Crippen molar-refractivity contribution in [3.8, 4) is 0 Å². The lowest BCUT2D eigenvalue weighted by Crippen LogP contribution is -2.50. The second kappa shape index (κ2) is 7.19. The summed E-state index contributed by atoms with van der Waals surface area (Å²) in [5.41, 5.74) is 2.19. The predicted molar refractivity (Wildman–Crippen MR) is 99.1 cm³/mol. The van der Waals surface area contributed by atoms with Crippen molar-refractivity contribution < 1.29 is 9.59 Å². The molecule has 25 heavy (non-hydrogen) atoms. The van der Waals surface area contributed by atoms with Crippen LogP contribution < -0.4 is 0 Å². The molecule has 0 saturated carbocycles.